The summed E-state index contributed by atoms with van der Waals surface area (Å²) in [5, 5.41) is 15.5. The van der Waals surface area contributed by atoms with Gasteiger partial charge in [-0.1, -0.05) is 31.4 Å². The van der Waals surface area contributed by atoms with Crippen molar-refractivity contribution < 1.29 is 19.4 Å². The number of amides is 2. The fourth-order valence-electron chi connectivity index (χ4n) is 3.78. The van der Waals surface area contributed by atoms with Crippen LogP contribution in [0.5, 0.6) is 0 Å². The summed E-state index contributed by atoms with van der Waals surface area (Å²) in [6.07, 6.45) is 12.1. The van der Waals surface area contributed by atoms with Gasteiger partial charge in [-0.2, -0.15) is 0 Å². The van der Waals surface area contributed by atoms with Gasteiger partial charge in [-0.3, -0.25) is 14.6 Å². The molecule has 0 aromatic carbocycles. The largest absolute Gasteiger partial charge is 0.394 e. The van der Waals surface area contributed by atoms with Crippen molar-refractivity contribution in [3.05, 3.63) is 42.2 Å². The number of hydrogen-bond acceptors (Lipinski definition) is 5. The third kappa shape index (κ3) is 5.87. The molecule has 0 spiro atoms. The SMILES string of the molecule is O=C(C[C@@H]1C=C[C@@H](NC(=O)c2ccncc2)[C@H](CO)O1)NCC1CCCCC1. The molecule has 0 unspecified atom stereocenters. The minimum Gasteiger partial charge on any atom is -0.394 e. The summed E-state index contributed by atoms with van der Waals surface area (Å²) in [4.78, 5) is 28.4. The minimum atomic E-state index is -0.591. The number of carbonyl (C=O) groups is 2. The lowest BCUT2D eigenvalue weighted by Gasteiger charge is -2.31. The number of nitrogens with one attached hydrogen (secondary N) is 2. The summed E-state index contributed by atoms with van der Waals surface area (Å²) in [5.74, 6) is 0.275. The molecule has 152 valence electrons. The van der Waals surface area contributed by atoms with Crippen molar-refractivity contribution >= 4 is 11.8 Å². The highest BCUT2D eigenvalue weighted by atomic mass is 16.5. The third-order valence-corrected chi connectivity index (χ3v) is 5.40. The Balaban J connectivity index is 1.48. The molecule has 2 amide bonds. The second-order valence-corrected chi connectivity index (χ2v) is 7.53. The van der Waals surface area contributed by atoms with Crippen LogP contribution in [-0.4, -0.2) is 53.3 Å². The van der Waals surface area contributed by atoms with Crippen LogP contribution in [-0.2, 0) is 9.53 Å². The lowest BCUT2D eigenvalue weighted by atomic mass is 9.89. The summed E-state index contributed by atoms with van der Waals surface area (Å²) in [5.41, 5.74) is 0.490. The molecule has 7 nitrogen and oxygen atoms in total. The lowest BCUT2D eigenvalue weighted by molar-refractivity contribution is -0.125. The van der Waals surface area contributed by atoms with E-state index in [0.717, 1.165) is 6.54 Å². The summed E-state index contributed by atoms with van der Waals surface area (Å²) < 4.78 is 5.82. The van der Waals surface area contributed by atoms with Crippen LogP contribution in [0.2, 0.25) is 0 Å². The zero-order valence-corrected chi connectivity index (χ0v) is 16.0. The number of nitrogens with zero attached hydrogens (tertiary/aromatic N) is 1. The van der Waals surface area contributed by atoms with Crippen LogP contribution in [0.25, 0.3) is 0 Å². The first-order valence-corrected chi connectivity index (χ1v) is 10.1. The molecule has 1 aromatic heterocycles. The standard InChI is InChI=1S/C21H29N3O4/c25-14-19-18(24-21(27)16-8-10-22-11-9-16)7-6-17(28-19)12-20(26)23-13-15-4-2-1-3-5-15/h6-11,15,17-19,25H,1-5,12-14H2,(H,23,26)(H,24,27)/t17-,18+,19-/m0/s1. The quantitative estimate of drug-likeness (QED) is 0.617. The molecule has 3 atom stereocenters. The second kappa shape index (κ2) is 10.3. The smallest absolute Gasteiger partial charge is 0.251 e. The van der Waals surface area contributed by atoms with E-state index < -0.39 is 18.2 Å². The van der Waals surface area contributed by atoms with Crippen molar-refractivity contribution in [1.29, 1.82) is 0 Å². The van der Waals surface area contributed by atoms with E-state index >= 15 is 0 Å². The Labute approximate surface area is 165 Å². The molecular formula is C21H29N3O4. The normalized spacial score (nSPS) is 25.2. The molecular weight excluding hydrogens is 358 g/mol. The predicted octanol–water partition coefficient (Wildman–Crippen LogP) is 1.58. The maximum absolute atomic E-state index is 12.3. The van der Waals surface area contributed by atoms with Gasteiger partial charge in [-0.15, -0.1) is 0 Å². The van der Waals surface area contributed by atoms with Crippen LogP contribution in [0.1, 0.15) is 48.9 Å². The average Bonchev–Trinajstić information content (AvgIpc) is 2.74. The molecule has 1 saturated carbocycles. The first kappa shape index (κ1) is 20.5. The third-order valence-electron chi connectivity index (χ3n) is 5.40. The van der Waals surface area contributed by atoms with Crippen molar-refractivity contribution in [2.45, 2.75) is 56.8 Å². The van der Waals surface area contributed by atoms with E-state index in [9.17, 15) is 14.7 Å². The maximum Gasteiger partial charge on any atom is 0.251 e. The Kier molecular flexibility index (Phi) is 7.56. The summed E-state index contributed by atoms with van der Waals surface area (Å²) in [7, 11) is 0. The Hall–Kier alpha value is -2.25. The molecule has 1 fully saturated rings. The monoisotopic (exact) mass is 387 g/mol. The van der Waals surface area contributed by atoms with Crippen molar-refractivity contribution in [3.63, 3.8) is 0 Å². The van der Waals surface area contributed by atoms with Gasteiger partial charge in [-0.25, -0.2) is 0 Å². The van der Waals surface area contributed by atoms with E-state index in [4.69, 9.17) is 4.74 Å². The van der Waals surface area contributed by atoms with E-state index in [1.165, 1.54) is 32.1 Å². The first-order valence-electron chi connectivity index (χ1n) is 10.1. The average molecular weight is 387 g/mol. The zero-order valence-electron chi connectivity index (χ0n) is 16.0. The van der Waals surface area contributed by atoms with Gasteiger partial charge in [0.1, 0.15) is 6.10 Å². The molecule has 2 heterocycles. The molecule has 2 aliphatic rings. The van der Waals surface area contributed by atoms with Gasteiger partial charge in [-0.05, 0) is 30.9 Å². The highest BCUT2D eigenvalue weighted by molar-refractivity contribution is 5.94. The zero-order chi connectivity index (χ0) is 19.8. The summed E-state index contributed by atoms with van der Waals surface area (Å²) in [6.45, 7) is 0.481. The van der Waals surface area contributed by atoms with E-state index in [2.05, 4.69) is 15.6 Å². The van der Waals surface area contributed by atoms with Crippen molar-refractivity contribution in [2.75, 3.05) is 13.2 Å². The number of aliphatic hydroxyl groups is 1. The highest BCUT2D eigenvalue weighted by Gasteiger charge is 2.29. The van der Waals surface area contributed by atoms with Crippen LogP contribution in [0.3, 0.4) is 0 Å². The van der Waals surface area contributed by atoms with E-state index in [-0.39, 0.29) is 24.8 Å². The molecule has 28 heavy (non-hydrogen) atoms. The minimum absolute atomic E-state index is 0.0452. The van der Waals surface area contributed by atoms with Gasteiger partial charge in [0, 0.05) is 24.5 Å². The van der Waals surface area contributed by atoms with Crippen molar-refractivity contribution in [3.8, 4) is 0 Å². The number of hydrogen-bond donors (Lipinski definition) is 3. The van der Waals surface area contributed by atoms with E-state index in [1.807, 2.05) is 0 Å². The first-order chi connectivity index (χ1) is 13.7. The van der Waals surface area contributed by atoms with E-state index in [1.54, 1.807) is 36.7 Å². The molecule has 0 radical (unpaired) electrons. The van der Waals surface area contributed by atoms with Crippen LogP contribution >= 0.6 is 0 Å². The van der Waals surface area contributed by atoms with Gasteiger partial charge in [0.05, 0.1) is 25.2 Å². The van der Waals surface area contributed by atoms with Gasteiger partial charge in [0.15, 0.2) is 0 Å². The van der Waals surface area contributed by atoms with Gasteiger partial charge < -0.3 is 20.5 Å². The van der Waals surface area contributed by atoms with Crippen LogP contribution in [0, 0.1) is 5.92 Å². The lowest BCUT2D eigenvalue weighted by Crippen LogP contribution is -2.49. The topological polar surface area (TPSA) is 101 Å². The highest BCUT2D eigenvalue weighted by Crippen LogP contribution is 2.23. The molecule has 3 rings (SSSR count). The molecule has 0 bridgehead atoms. The number of aromatic nitrogens is 1. The summed E-state index contributed by atoms with van der Waals surface area (Å²) in [6, 6.07) is 2.79. The van der Waals surface area contributed by atoms with Crippen molar-refractivity contribution in [1.82, 2.24) is 15.6 Å². The number of carbonyl (C=O) groups excluding carboxylic acids is 2. The van der Waals surface area contributed by atoms with Gasteiger partial charge in [0.2, 0.25) is 5.91 Å². The number of rotatable bonds is 7. The Morgan fingerprint density at radius 3 is 2.61 bits per heavy atom. The number of ether oxygens (including phenoxy) is 1. The van der Waals surface area contributed by atoms with Crippen molar-refractivity contribution in [2.24, 2.45) is 5.92 Å². The maximum atomic E-state index is 12.3. The Morgan fingerprint density at radius 2 is 1.89 bits per heavy atom. The molecule has 3 N–H and O–H groups in total. The Morgan fingerprint density at radius 1 is 1.14 bits per heavy atom. The Bertz CT molecular complexity index is 673. The van der Waals surface area contributed by atoms with Crippen LogP contribution in [0.15, 0.2) is 36.7 Å². The molecule has 1 aromatic rings. The summed E-state index contributed by atoms with van der Waals surface area (Å²) >= 11 is 0. The number of aliphatic hydroxyl groups excluding tert-OH is 1. The molecule has 1 aliphatic carbocycles. The fourth-order valence-corrected chi connectivity index (χ4v) is 3.78. The van der Waals surface area contributed by atoms with Gasteiger partial charge in [0.25, 0.3) is 5.91 Å². The van der Waals surface area contributed by atoms with Crippen LogP contribution in [0.4, 0.5) is 0 Å². The number of pyridine rings is 1. The molecule has 7 heteroatoms. The van der Waals surface area contributed by atoms with Crippen LogP contribution < -0.4 is 10.6 Å². The van der Waals surface area contributed by atoms with E-state index in [0.29, 0.717) is 11.5 Å². The fraction of sp³-hybridized carbons (Fsp3) is 0.571. The predicted molar refractivity (Wildman–Crippen MR) is 105 cm³/mol. The molecule has 0 saturated heterocycles. The molecule has 1 aliphatic heterocycles. The van der Waals surface area contributed by atoms with Gasteiger partial charge >= 0.3 is 0 Å². The second-order valence-electron chi connectivity index (χ2n) is 7.53.